The third-order valence-corrected chi connectivity index (χ3v) is 3.91. The average molecular weight is 374 g/mol. The van der Waals surface area contributed by atoms with Gasteiger partial charge in [0, 0.05) is 17.6 Å². The maximum absolute atomic E-state index is 12.6. The van der Waals surface area contributed by atoms with E-state index in [1.165, 1.54) is 18.1 Å². The second kappa shape index (κ2) is 9.63. The molecule has 0 bridgehead atoms. The van der Waals surface area contributed by atoms with Gasteiger partial charge in [-0.25, -0.2) is 0 Å². The van der Waals surface area contributed by atoms with E-state index in [-0.39, 0.29) is 19.0 Å². The maximum atomic E-state index is 12.6. The van der Waals surface area contributed by atoms with Crippen LogP contribution in [0.3, 0.4) is 0 Å². The lowest BCUT2D eigenvalue weighted by molar-refractivity contribution is -0.145. The number of hydrogen-bond donors (Lipinski definition) is 0. The van der Waals surface area contributed by atoms with Gasteiger partial charge in [-0.15, -0.1) is 0 Å². The molecule has 0 saturated carbocycles. The molecule has 0 aromatic heterocycles. The van der Waals surface area contributed by atoms with Crippen molar-refractivity contribution in [2.75, 3.05) is 20.8 Å². The molecule has 26 heavy (non-hydrogen) atoms. The molecule has 6 heteroatoms. The van der Waals surface area contributed by atoms with Crippen molar-refractivity contribution in [1.29, 1.82) is 0 Å². The summed E-state index contributed by atoms with van der Waals surface area (Å²) in [6.45, 7) is 0.133. The first-order valence-corrected chi connectivity index (χ1v) is 8.32. The summed E-state index contributed by atoms with van der Waals surface area (Å²) in [6, 6.07) is 14.4. The molecule has 0 radical (unpaired) electrons. The molecular formula is C20H20ClNO4. The number of rotatable bonds is 7. The molecule has 0 saturated heterocycles. The Kier molecular flexibility index (Phi) is 7.24. The fourth-order valence-electron chi connectivity index (χ4n) is 2.26. The van der Waals surface area contributed by atoms with Crippen LogP contribution in [-0.2, 0) is 20.9 Å². The minimum atomic E-state index is -0.484. The van der Waals surface area contributed by atoms with Gasteiger partial charge in [-0.2, -0.15) is 0 Å². The normalized spacial score (nSPS) is 10.6. The zero-order valence-corrected chi connectivity index (χ0v) is 15.4. The summed E-state index contributed by atoms with van der Waals surface area (Å²) < 4.78 is 9.85. The van der Waals surface area contributed by atoms with Crippen molar-refractivity contribution in [3.63, 3.8) is 0 Å². The van der Waals surface area contributed by atoms with Crippen molar-refractivity contribution in [3.05, 3.63) is 70.8 Å². The van der Waals surface area contributed by atoms with Crippen LogP contribution in [0.1, 0.15) is 11.1 Å². The molecule has 136 valence electrons. The van der Waals surface area contributed by atoms with E-state index in [2.05, 4.69) is 4.74 Å². The quantitative estimate of drug-likeness (QED) is 0.550. The number of halogens is 1. The standard InChI is InChI=1S/C20H20ClNO4/c1-25-18-5-3-4-15(12-18)8-11-19(23)22(14-20(24)26-2)13-16-6-9-17(21)10-7-16/h3-12H,13-14H2,1-2H3/b11-8+. The zero-order chi connectivity index (χ0) is 18.9. The first-order valence-electron chi connectivity index (χ1n) is 7.94. The van der Waals surface area contributed by atoms with Gasteiger partial charge in [0.15, 0.2) is 0 Å². The smallest absolute Gasteiger partial charge is 0.325 e. The minimum absolute atomic E-state index is 0.138. The average Bonchev–Trinajstić information content (AvgIpc) is 2.67. The molecule has 2 aromatic rings. The maximum Gasteiger partial charge on any atom is 0.325 e. The van der Waals surface area contributed by atoms with Gasteiger partial charge in [-0.3, -0.25) is 9.59 Å². The summed E-state index contributed by atoms with van der Waals surface area (Å²) >= 11 is 5.88. The molecule has 1 amide bonds. The Balaban J connectivity index is 2.14. The molecule has 0 aliphatic heterocycles. The fraction of sp³-hybridized carbons (Fsp3) is 0.200. The van der Waals surface area contributed by atoms with E-state index in [4.69, 9.17) is 16.3 Å². The zero-order valence-electron chi connectivity index (χ0n) is 14.6. The predicted molar refractivity (Wildman–Crippen MR) is 101 cm³/mol. The molecule has 0 fully saturated rings. The van der Waals surface area contributed by atoms with Gasteiger partial charge < -0.3 is 14.4 Å². The minimum Gasteiger partial charge on any atom is -0.497 e. The van der Waals surface area contributed by atoms with Crippen molar-refractivity contribution in [1.82, 2.24) is 4.90 Å². The van der Waals surface area contributed by atoms with E-state index in [0.717, 1.165) is 11.1 Å². The van der Waals surface area contributed by atoms with Crippen LogP contribution >= 0.6 is 11.6 Å². The second-order valence-corrected chi connectivity index (χ2v) is 5.94. The Hall–Kier alpha value is -2.79. The molecule has 2 aromatic carbocycles. The van der Waals surface area contributed by atoms with Gasteiger partial charge in [0.1, 0.15) is 12.3 Å². The highest BCUT2D eigenvalue weighted by Crippen LogP contribution is 2.15. The van der Waals surface area contributed by atoms with E-state index in [1.54, 1.807) is 25.3 Å². The Morgan fingerprint density at radius 1 is 1.12 bits per heavy atom. The fourth-order valence-corrected chi connectivity index (χ4v) is 2.39. The van der Waals surface area contributed by atoms with Crippen LogP contribution < -0.4 is 4.74 Å². The van der Waals surface area contributed by atoms with Crippen molar-refractivity contribution < 1.29 is 19.1 Å². The summed E-state index contributed by atoms with van der Waals surface area (Å²) in [5, 5.41) is 0.609. The van der Waals surface area contributed by atoms with E-state index in [9.17, 15) is 9.59 Å². The number of methoxy groups -OCH3 is 2. The molecule has 5 nitrogen and oxygen atoms in total. The molecule has 0 spiro atoms. The number of carbonyl (C=O) groups is 2. The van der Waals surface area contributed by atoms with Crippen molar-refractivity contribution >= 4 is 29.6 Å². The molecule has 0 heterocycles. The lowest BCUT2D eigenvalue weighted by atomic mass is 10.2. The topological polar surface area (TPSA) is 55.8 Å². The number of esters is 1. The van der Waals surface area contributed by atoms with Crippen LogP contribution in [0.2, 0.25) is 5.02 Å². The van der Waals surface area contributed by atoms with Crippen LogP contribution in [0.5, 0.6) is 5.75 Å². The molecule has 0 unspecified atom stereocenters. The van der Waals surface area contributed by atoms with E-state index in [1.807, 2.05) is 36.4 Å². The van der Waals surface area contributed by atoms with Gasteiger partial charge in [0.05, 0.1) is 14.2 Å². The molecule has 0 aliphatic rings. The largest absolute Gasteiger partial charge is 0.497 e. The second-order valence-electron chi connectivity index (χ2n) is 5.51. The summed E-state index contributed by atoms with van der Waals surface area (Å²) in [6.07, 6.45) is 3.10. The number of nitrogens with zero attached hydrogens (tertiary/aromatic N) is 1. The van der Waals surface area contributed by atoms with Gasteiger partial charge in [0.25, 0.3) is 0 Å². The number of benzene rings is 2. The van der Waals surface area contributed by atoms with E-state index in [0.29, 0.717) is 10.8 Å². The monoisotopic (exact) mass is 373 g/mol. The van der Waals surface area contributed by atoms with Gasteiger partial charge in [-0.1, -0.05) is 35.9 Å². The van der Waals surface area contributed by atoms with Crippen molar-refractivity contribution in [2.24, 2.45) is 0 Å². The van der Waals surface area contributed by atoms with Gasteiger partial charge in [0.2, 0.25) is 5.91 Å². The third kappa shape index (κ3) is 5.93. The summed E-state index contributed by atoms with van der Waals surface area (Å²) in [5.41, 5.74) is 1.68. The van der Waals surface area contributed by atoms with Crippen LogP contribution in [0.15, 0.2) is 54.6 Å². The van der Waals surface area contributed by atoms with Crippen LogP contribution in [-0.4, -0.2) is 37.5 Å². The number of amides is 1. The number of ether oxygens (including phenoxy) is 2. The Morgan fingerprint density at radius 2 is 1.85 bits per heavy atom. The summed E-state index contributed by atoms with van der Waals surface area (Å²) in [7, 11) is 2.87. The molecule has 0 N–H and O–H groups in total. The molecule has 0 aliphatic carbocycles. The lowest BCUT2D eigenvalue weighted by Crippen LogP contribution is -2.34. The first kappa shape index (κ1) is 19.5. The molecule has 2 rings (SSSR count). The van der Waals surface area contributed by atoms with Gasteiger partial charge in [-0.05, 0) is 41.5 Å². The molecule has 0 atom stereocenters. The third-order valence-electron chi connectivity index (χ3n) is 3.66. The lowest BCUT2D eigenvalue weighted by Gasteiger charge is -2.20. The highest BCUT2D eigenvalue weighted by Gasteiger charge is 2.16. The Bertz CT molecular complexity index is 787. The number of carbonyl (C=O) groups excluding carboxylic acids is 2. The number of hydrogen-bond acceptors (Lipinski definition) is 4. The Morgan fingerprint density at radius 3 is 2.50 bits per heavy atom. The van der Waals surface area contributed by atoms with Crippen LogP contribution in [0.25, 0.3) is 6.08 Å². The molecular weight excluding hydrogens is 354 g/mol. The summed E-state index contributed by atoms with van der Waals surface area (Å²) in [4.78, 5) is 25.6. The highest BCUT2D eigenvalue weighted by molar-refractivity contribution is 6.30. The van der Waals surface area contributed by atoms with Crippen LogP contribution in [0.4, 0.5) is 0 Å². The van der Waals surface area contributed by atoms with E-state index >= 15 is 0 Å². The van der Waals surface area contributed by atoms with Crippen LogP contribution in [0, 0.1) is 0 Å². The van der Waals surface area contributed by atoms with E-state index < -0.39 is 5.97 Å². The summed E-state index contributed by atoms with van der Waals surface area (Å²) in [5.74, 6) is -0.0811. The van der Waals surface area contributed by atoms with Crippen molar-refractivity contribution in [3.8, 4) is 5.75 Å². The first-order chi connectivity index (χ1) is 12.5. The Labute approximate surface area is 157 Å². The van der Waals surface area contributed by atoms with Crippen molar-refractivity contribution in [2.45, 2.75) is 6.54 Å². The predicted octanol–water partition coefficient (Wildman–Crippen LogP) is 3.56. The SMILES string of the molecule is COC(=O)CN(Cc1ccc(Cl)cc1)C(=O)/C=C/c1cccc(OC)c1. The van der Waals surface area contributed by atoms with Gasteiger partial charge >= 0.3 is 5.97 Å². The highest BCUT2D eigenvalue weighted by atomic mass is 35.5.